The van der Waals surface area contributed by atoms with E-state index in [9.17, 15) is 8.42 Å². The Morgan fingerprint density at radius 1 is 1.00 bits per heavy atom. The maximum Gasteiger partial charge on any atom is 0.267 e. The van der Waals surface area contributed by atoms with E-state index in [2.05, 4.69) is 25.0 Å². The third-order valence-corrected chi connectivity index (χ3v) is 6.48. The predicted molar refractivity (Wildman–Crippen MR) is 128 cm³/mol. The number of methoxy groups -OCH3 is 2. The van der Waals surface area contributed by atoms with Crippen molar-refractivity contribution in [3.63, 3.8) is 0 Å². The number of fused-ring (bicyclic) bond motifs is 1. The molecule has 176 valence electrons. The second kappa shape index (κ2) is 9.27. The van der Waals surface area contributed by atoms with Crippen LogP contribution >= 0.6 is 11.6 Å². The largest absolute Gasteiger partial charge is 0.481 e. The number of hydrogen-bond acceptors (Lipinski definition) is 8. The Labute approximate surface area is 200 Å². The SMILES string of the molecule is CNc1cc2nc(OC)c(-c3cccc(NS(=O)(=O)c4cc(Cl)cnc4OC)c3F)cc2cn1. The monoisotopic (exact) mass is 503 g/mol. The van der Waals surface area contributed by atoms with E-state index in [0.717, 1.165) is 0 Å². The van der Waals surface area contributed by atoms with Gasteiger partial charge in [0.15, 0.2) is 10.7 Å². The van der Waals surface area contributed by atoms with Gasteiger partial charge in [-0.05, 0) is 18.2 Å². The molecule has 3 aromatic heterocycles. The standard InChI is InChI=1S/C22H19ClFN5O4S/c1-25-19-9-17-12(10-26-19)7-15(21(28-17)32-2)14-5-4-6-16(20(14)24)29-34(30,31)18-8-13(23)11-27-22(18)33-3/h4-11,29H,1-3H3,(H,25,26). The quantitative estimate of drug-likeness (QED) is 0.382. The van der Waals surface area contributed by atoms with Crippen molar-refractivity contribution in [2.24, 2.45) is 0 Å². The van der Waals surface area contributed by atoms with E-state index in [-0.39, 0.29) is 32.9 Å². The molecule has 1 aromatic carbocycles. The number of hydrogen-bond donors (Lipinski definition) is 2. The summed E-state index contributed by atoms with van der Waals surface area (Å²) in [6.45, 7) is 0. The van der Waals surface area contributed by atoms with Gasteiger partial charge in [0.25, 0.3) is 10.0 Å². The second-order valence-electron chi connectivity index (χ2n) is 6.99. The zero-order chi connectivity index (χ0) is 24.5. The Bertz CT molecular complexity index is 1500. The van der Waals surface area contributed by atoms with Crippen LogP contribution in [0, 0.1) is 5.82 Å². The molecule has 12 heteroatoms. The third-order valence-electron chi connectivity index (χ3n) is 4.91. The molecule has 0 fully saturated rings. The van der Waals surface area contributed by atoms with Crippen LogP contribution in [0.15, 0.2) is 53.7 Å². The molecule has 2 N–H and O–H groups in total. The zero-order valence-corrected chi connectivity index (χ0v) is 19.8. The first kappa shape index (κ1) is 23.5. The van der Waals surface area contributed by atoms with E-state index in [4.69, 9.17) is 21.1 Å². The number of pyridine rings is 3. The van der Waals surface area contributed by atoms with Crippen LogP contribution in [0.2, 0.25) is 5.02 Å². The van der Waals surface area contributed by atoms with Crippen molar-refractivity contribution in [3.05, 3.63) is 59.6 Å². The van der Waals surface area contributed by atoms with Crippen LogP contribution < -0.4 is 19.5 Å². The molecule has 3 heterocycles. The highest BCUT2D eigenvalue weighted by atomic mass is 35.5. The fourth-order valence-corrected chi connectivity index (χ4v) is 4.74. The third kappa shape index (κ3) is 4.39. The van der Waals surface area contributed by atoms with Gasteiger partial charge >= 0.3 is 0 Å². The van der Waals surface area contributed by atoms with Gasteiger partial charge in [-0.15, -0.1) is 0 Å². The lowest BCUT2D eigenvalue weighted by atomic mass is 10.0. The molecule has 9 nitrogen and oxygen atoms in total. The van der Waals surface area contributed by atoms with Gasteiger partial charge in [0.05, 0.1) is 30.4 Å². The van der Waals surface area contributed by atoms with Crippen molar-refractivity contribution in [1.29, 1.82) is 0 Å². The molecule has 4 aromatic rings. The van der Waals surface area contributed by atoms with Crippen molar-refractivity contribution in [2.75, 3.05) is 31.3 Å². The summed E-state index contributed by atoms with van der Waals surface area (Å²) in [5.41, 5.74) is 0.720. The molecule has 0 aliphatic rings. The Kier molecular flexibility index (Phi) is 6.40. The minimum absolute atomic E-state index is 0.0809. The fourth-order valence-electron chi connectivity index (χ4n) is 3.31. The number of aromatic nitrogens is 3. The lowest BCUT2D eigenvalue weighted by Crippen LogP contribution is -2.16. The van der Waals surface area contributed by atoms with Crippen LogP contribution in [-0.4, -0.2) is 44.6 Å². The number of benzene rings is 1. The molecule has 4 rings (SSSR count). The van der Waals surface area contributed by atoms with Gasteiger partial charge in [0.1, 0.15) is 5.82 Å². The summed E-state index contributed by atoms with van der Waals surface area (Å²) in [5, 5.41) is 3.66. The highest BCUT2D eigenvalue weighted by molar-refractivity contribution is 7.92. The van der Waals surface area contributed by atoms with Gasteiger partial charge in [-0.25, -0.2) is 27.8 Å². The van der Waals surface area contributed by atoms with Gasteiger partial charge in [-0.3, -0.25) is 4.72 Å². The van der Waals surface area contributed by atoms with Crippen molar-refractivity contribution in [3.8, 4) is 22.9 Å². The summed E-state index contributed by atoms with van der Waals surface area (Å²) in [4.78, 5) is 12.2. The summed E-state index contributed by atoms with van der Waals surface area (Å²) in [7, 11) is 0.134. The summed E-state index contributed by atoms with van der Waals surface area (Å²) in [6, 6.07) is 8.87. The van der Waals surface area contributed by atoms with Crippen LogP contribution in [0.4, 0.5) is 15.9 Å². The number of nitrogens with zero attached hydrogens (tertiary/aromatic N) is 3. The molecule has 0 aliphatic heterocycles. The van der Waals surface area contributed by atoms with E-state index < -0.39 is 15.8 Å². The number of ether oxygens (including phenoxy) is 2. The molecular weight excluding hydrogens is 485 g/mol. The molecule has 34 heavy (non-hydrogen) atoms. The lowest BCUT2D eigenvalue weighted by molar-refractivity contribution is 0.385. The molecule has 0 unspecified atom stereocenters. The molecule has 0 spiro atoms. The zero-order valence-electron chi connectivity index (χ0n) is 18.3. The minimum atomic E-state index is -4.28. The van der Waals surface area contributed by atoms with Crippen molar-refractivity contribution in [1.82, 2.24) is 15.0 Å². The van der Waals surface area contributed by atoms with Gasteiger partial charge in [-0.2, -0.15) is 0 Å². The van der Waals surface area contributed by atoms with Crippen LogP contribution in [0.5, 0.6) is 11.8 Å². The molecular formula is C22H19ClFN5O4S. The van der Waals surface area contributed by atoms with E-state index in [1.54, 1.807) is 25.4 Å². The summed E-state index contributed by atoms with van der Waals surface area (Å²) < 4.78 is 54.2. The van der Waals surface area contributed by atoms with Gasteiger partial charge < -0.3 is 14.8 Å². The molecule has 0 saturated heterocycles. The van der Waals surface area contributed by atoms with E-state index >= 15 is 4.39 Å². The highest BCUT2D eigenvalue weighted by Crippen LogP contribution is 2.36. The van der Waals surface area contributed by atoms with Crippen molar-refractivity contribution >= 4 is 44.0 Å². The smallest absolute Gasteiger partial charge is 0.267 e. The van der Waals surface area contributed by atoms with Crippen LogP contribution in [0.25, 0.3) is 22.0 Å². The Hall–Kier alpha value is -3.70. The van der Waals surface area contributed by atoms with E-state index in [1.165, 1.54) is 44.7 Å². The van der Waals surface area contributed by atoms with Crippen LogP contribution in [-0.2, 0) is 10.0 Å². The minimum Gasteiger partial charge on any atom is -0.481 e. The number of nitrogens with one attached hydrogen (secondary N) is 2. The molecule has 0 atom stereocenters. The van der Waals surface area contributed by atoms with E-state index in [0.29, 0.717) is 22.3 Å². The Morgan fingerprint density at radius 2 is 1.76 bits per heavy atom. The summed E-state index contributed by atoms with van der Waals surface area (Å²) in [5.74, 6) is -0.217. The average molecular weight is 504 g/mol. The summed E-state index contributed by atoms with van der Waals surface area (Å²) >= 11 is 5.91. The molecule has 0 aliphatic carbocycles. The molecule has 0 amide bonds. The average Bonchev–Trinajstić information content (AvgIpc) is 2.84. The number of halogens is 2. The van der Waals surface area contributed by atoms with Crippen LogP contribution in [0.1, 0.15) is 0 Å². The van der Waals surface area contributed by atoms with Gasteiger partial charge in [-0.1, -0.05) is 23.7 Å². The van der Waals surface area contributed by atoms with Gasteiger partial charge in [0, 0.05) is 42.0 Å². The molecule has 0 bridgehead atoms. The maximum atomic E-state index is 15.6. The van der Waals surface area contributed by atoms with Crippen molar-refractivity contribution < 1.29 is 22.3 Å². The number of rotatable bonds is 7. The number of sulfonamides is 1. The van der Waals surface area contributed by atoms with E-state index in [1.807, 2.05) is 0 Å². The Balaban J connectivity index is 1.80. The first-order chi connectivity index (χ1) is 16.3. The first-order valence-corrected chi connectivity index (χ1v) is 11.7. The molecule has 0 saturated carbocycles. The Morgan fingerprint density at radius 3 is 2.47 bits per heavy atom. The normalized spacial score (nSPS) is 11.3. The second-order valence-corrected chi connectivity index (χ2v) is 9.08. The predicted octanol–water partition coefficient (Wildman–Crippen LogP) is 4.34. The highest BCUT2D eigenvalue weighted by Gasteiger charge is 2.24. The number of anilines is 2. The fraction of sp³-hybridized carbons (Fsp3) is 0.136. The maximum absolute atomic E-state index is 15.6. The summed E-state index contributed by atoms with van der Waals surface area (Å²) in [6.07, 6.45) is 2.84. The van der Waals surface area contributed by atoms with Crippen LogP contribution in [0.3, 0.4) is 0 Å². The van der Waals surface area contributed by atoms with Gasteiger partial charge in [0.2, 0.25) is 11.8 Å². The topological polar surface area (TPSA) is 115 Å². The molecule has 0 radical (unpaired) electrons. The van der Waals surface area contributed by atoms with Crippen molar-refractivity contribution in [2.45, 2.75) is 4.90 Å². The first-order valence-electron chi connectivity index (χ1n) is 9.81. The lowest BCUT2D eigenvalue weighted by Gasteiger charge is -2.15.